The third-order valence-corrected chi connectivity index (χ3v) is 5.33. The van der Waals surface area contributed by atoms with Gasteiger partial charge in [0, 0.05) is 29.9 Å². The van der Waals surface area contributed by atoms with Crippen molar-refractivity contribution in [2.75, 3.05) is 0 Å². The van der Waals surface area contributed by atoms with Crippen molar-refractivity contribution in [3.63, 3.8) is 0 Å². The molecular weight excluding hydrogens is 239 g/mol. The summed E-state index contributed by atoms with van der Waals surface area (Å²) in [5.41, 5.74) is 1.31. The Kier molecular flexibility index (Phi) is 2.66. The van der Waals surface area contributed by atoms with E-state index in [1.807, 2.05) is 12.3 Å². The summed E-state index contributed by atoms with van der Waals surface area (Å²) in [6.07, 6.45) is 8.65. The van der Waals surface area contributed by atoms with Gasteiger partial charge in [0.1, 0.15) is 5.67 Å². The van der Waals surface area contributed by atoms with Crippen LogP contribution in [-0.4, -0.2) is 22.7 Å². The molecule has 4 rings (SSSR count). The Bertz CT molecular complexity index is 475. The van der Waals surface area contributed by atoms with Crippen molar-refractivity contribution in [1.82, 2.24) is 10.3 Å². The van der Waals surface area contributed by atoms with Crippen molar-refractivity contribution in [2.24, 2.45) is 0 Å². The molecule has 1 aromatic heterocycles. The normalized spacial score (nSPS) is 41.0. The van der Waals surface area contributed by atoms with E-state index in [0.717, 1.165) is 37.8 Å². The zero-order chi connectivity index (χ0) is 12.9. The highest BCUT2D eigenvalue weighted by Gasteiger charge is 2.50. The Morgan fingerprint density at radius 1 is 1.21 bits per heavy atom. The molecule has 3 heterocycles. The molecular formula is C16H21FN2. The lowest BCUT2D eigenvalue weighted by Gasteiger charge is -2.42. The van der Waals surface area contributed by atoms with Crippen LogP contribution in [-0.2, 0) is 6.42 Å². The average molecular weight is 260 g/mol. The number of halogens is 1. The minimum Gasteiger partial charge on any atom is -0.311 e. The number of aromatic nitrogens is 1. The largest absolute Gasteiger partial charge is 0.311 e. The topological polar surface area (TPSA) is 24.9 Å². The Morgan fingerprint density at radius 3 is 2.79 bits per heavy atom. The monoisotopic (exact) mass is 260 g/mol. The van der Waals surface area contributed by atoms with E-state index in [-0.39, 0.29) is 5.92 Å². The van der Waals surface area contributed by atoms with Crippen LogP contribution < -0.4 is 5.32 Å². The van der Waals surface area contributed by atoms with Crippen LogP contribution in [0.15, 0.2) is 18.3 Å². The first-order chi connectivity index (χ1) is 9.24. The van der Waals surface area contributed by atoms with Gasteiger partial charge in [-0.3, -0.25) is 4.98 Å². The van der Waals surface area contributed by atoms with E-state index < -0.39 is 5.67 Å². The van der Waals surface area contributed by atoms with E-state index in [1.165, 1.54) is 5.56 Å². The van der Waals surface area contributed by atoms with Gasteiger partial charge < -0.3 is 5.32 Å². The van der Waals surface area contributed by atoms with Crippen LogP contribution in [0.1, 0.15) is 55.7 Å². The molecule has 0 spiro atoms. The van der Waals surface area contributed by atoms with Crippen molar-refractivity contribution in [3.05, 3.63) is 29.6 Å². The van der Waals surface area contributed by atoms with Gasteiger partial charge in [0.15, 0.2) is 0 Å². The van der Waals surface area contributed by atoms with Gasteiger partial charge in [-0.05, 0) is 56.6 Å². The number of pyridine rings is 1. The smallest absolute Gasteiger partial charge is 0.122 e. The first-order valence-electron chi connectivity index (χ1n) is 7.63. The molecule has 3 aliphatic rings. The van der Waals surface area contributed by atoms with Crippen LogP contribution in [0.25, 0.3) is 0 Å². The predicted molar refractivity (Wildman–Crippen MR) is 72.9 cm³/mol. The highest BCUT2D eigenvalue weighted by Crippen LogP contribution is 2.49. The summed E-state index contributed by atoms with van der Waals surface area (Å²) in [7, 11) is 0. The molecule has 0 saturated carbocycles. The van der Waals surface area contributed by atoms with E-state index in [4.69, 9.17) is 0 Å². The predicted octanol–water partition coefficient (Wildman–Crippen LogP) is 3.12. The van der Waals surface area contributed by atoms with E-state index in [0.29, 0.717) is 24.9 Å². The van der Waals surface area contributed by atoms with Crippen LogP contribution in [0.5, 0.6) is 0 Å². The highest BCUT2D eigenvalue weighted by atomic mass is 19.1. The fourth-order valence-electron chi connectivity index (χ4n) is 4.52. The zero-order valence-electron chi connectivity index (χ0n) is 11.2. The van der Waals surface area contributed by atoms with E-state index in [9.17, 15) is 0 Å². The van der Waals surface area contributed by atoms with Gasteiger partial charge in [0.25, 0.3) is 0 Å². The third-order valence-electron chi connectivity index (χ3n) is 5.33. The molecule has 1 aliphatic carbocycles. The number of fused-ring (bicyclic) bond motifs is 3. The third kappa shape index (κ3) is 1.90. The van der Waals surface area contributed by atoms with Crippen molar-refractivity contribution in [1.29, 1.82) is 0 Å². The number of hydrogen-bond acceptors (Lipinski definition) is 2. The van der Waals surface area contributed by atoms with E-state index >= 15 is 4.39 Å². The van der Waals surface area contributed by atoms with Crippen molar-refractivity contribution in [3.8, 4) is 0 Å². The Hall–Kier alpha value is -0.960. The van der Waals surface area contributed by atoms with Crippen LogP contribution >= 0.6 is 0 Å². The van der Waals surface area contributed by atoms with Gasteiger partial charge in [-0.1, -0.05) is 6.07 Å². The molecule has 1 N–H and O–H groups in total. The van der Waals surface area contributed by atoms with Gasteiger partial charge >= 0.3 is 0 Å². The lowest BCUT2D eigenvalue weighted by molar-refractivity contribution is 0.0501. The van der Waals surface area contributed by atoms with Crippen molar-refractivity contribution >= 4 is 0 Å². The molecule has 1 aromatic rings. The molecule has 2 bridgehead atoms. The maximum absolute atomic E-state index is 15.6. The summed E-state index contributed by atoms with van der Waals surface area (Å²) in [5.74, 6) is 0.0302. The molecule has 2 nitrogen and oxygen atoms in total. The quantitative estimate of drug-likeness (QED) is 0.839. The lowest BCUT2D eigenvalue weighted by Crippen LogP contribution is -2.49. The van der Waals surface area contributed by atoms with Crippen LogP contribution in [0.2, 0.25) is 0 Å². The Morgan fingerprint density at radius 2 is 2.00 bits per heavy atom. The summed E-state index contributed by atoms with van der Waals surface area (Å²) in [6.45, 7) is 0. The number of aryl methyl sites for hydroxylation is 1. The maximum atomic E-state index is 15.6. The molecule has 0 amide bonds. The molecule has 102 valence electrons. The second-order valence-electron chi connectivity index (χ2n) is 6.57. The molecule has 3 heteroatoms. The summed E-state index contributed by atoms with van der Waals surface area (Å²) in [4.78, 5) is 4.53. The Labute approximate surface area is 113 Å². The van der Waals surface area contributed by atoms with Gasteiger partial charge in [-0.15, -0.1) is 0 Å². The Balaban J connectivity index is 1.69. The van der Waals surface area contributed by atoms with Gasteiger partial charge in [-0.2, -0.15) is 0 Å². The molecule has 3 unspecified atom stereocenters. The molecule has 2 aliphatic heterocycles. The summed E-state index contributed by atoms with van der Waals surface area (Å²) in [5, 5.41) is 3.55. The summed E-state index contributed by atoms with van der Waals surface area (Å²) >= 11 is 0. The lowest BCUT2D eigenvalue weighted by atomic mass is 9.71. The SMILES string of the molecule is FC1(C2CCCc3cccnc32)CC2CCC(C1)N2. The number of alkyl halides is 1. The van der Waals surface area contributed by atoms with Crippen molar-refractivity contribution in [2.45, 2.75) is 68.6 Å². The maximum Gasteiger partial charge on any atom is 0.122 e. The minimum absolute atomic E-state index is 0.0302. The molecule has 19 heavy (non-hydrogen) atoms. The van der Waals surface area contributed by atoms with Gasteiger partial charge in [-0.25, -0.2) is 4.39 Å². The summed E-state index contributed by atoms with van der Waals surface area (Å²) < 4.78 is 15.6. The average Bonchev–Trinajstić information content (AvgIpc) is 2.78. The standard InChI is InChI=1S/C16H21FN2/c17-16(9-12-6-7-13(10-16)19-12)14-5-1-3-11-4-2-8-18-15(11)14/h2,4,8,12-14,19H,1,3,5-7,9-10H2. The van der Waals surface area contributed by atoms with Crippen LogP contribution in [0.4, 0.5) is 4.39 Å². The van der Waals surface area contributed by atoms with E-state index in [1.54, 1.807) is 0 Å². The molecule has 0 radical (unpaired) electrons. The van der Waals surface area contributed by atoms with Crippen LogP contribution in [0.3, 0.4) is 0 Å². The number of piperidine rings is 1. The van der Waals surface area contributed by atoms with E-state index in [2.05, 4.69) is 16.4 Å². The second-order valence-corrected chi connectivity index (χ2v) is 6.57. The number of nitrogens with one attached hydrogen (secondary N) is 1. The second kappa shape index (κ2) is 4.27. The number of nitrogens with zero attached hydrogens (tertiary/aromatic N) is 1. The first-order valence-corrected chi connectivity index (χ1v) is 7.63. The molecule has 0 aromatic carbocycles. The summed E-state index contributed by atoms with van der Waals surface area (Å²) in [6, 6.07) is 4.92. The number of rotatable bonds is 1. The fraction of sp³-hybridized carbons (Fsp3) is 0.688. The molecule has 3 atom stereocenters. The fourth-order valence-corrected chi connectivity index (χ4v) is 4.52. The molecule has 2 saturated heterocycles. The van der Waals surface area contributed by atoms with Gasteiger partial charge in [0.05, 0.1) is 0 Å². The van der Waals surface area contributed by atoms with Crippen LogP contribution in [0, 0.1) is 0 Å². The number of hydrogen-bond donors (Lipinski definition) is 1. The minimum atomic E-state index is -1.03. The van der Waals surface area contributed by atoms with Gasteiger partial charge in [0.2, 0.25) is 0 Å². The van der Waals surface area contributed by atoms with Crippen molar-refractivity contribution < 1.29 is 4.39 Å². The zero-order valence-corrected chi connectivity index (χ0v) is 11.2. The first kappa shape index (κ1) is 11.8. The highest BCUT2D eigenvalue weighted by molar-refractivity contribution is 5.29. The molecule has 2 fully saturated rings.